The van der Waals surface area contributed by atoms with Crippen LogP contribution >= 0.6 is 0 Å². The Balaban J connectivity index is 2.00. The molecule has 0 radical (unpaired) electrons. The van der Waals surface area contributed by atoms with Crippen molar-refractivity contribution in [2.75, 3.05) is 17.7 Å². The molecule has 0 fully saturated rings. The van der Waals surface area contributed by atoms with E-state index in [1.54, 1.807) is 19.1 Å². The van der Waals surface area contributed by atoms with Gasteiger partial charge in [-0.3, -0.25) is 9.00 Å². The largest absolute Gasteiger partial charge is 0.452 e. The first-order chi connectivity index (χ1) is 12.7. The highest BCUT2D eigenvalue weighted by Gasteiger charge is 2.30. The van der Waals surface area contributed by atoms with E-state index < -0.39 is 41.0 Å². The molecule has 1 amide bonds. The number of ether oxygens (including phenoxy) is 1. The van der Waals surface area contributed by atoms with Crippen LogP contribution in [-0.2, 0) is 26.5 Å². The van der Waals surface area contributed by atoms with Gasteiger partial charge in [-0.2, -0.15) is 13.2 Å². The van der Waals surface area contributed by atoms with E-state index >= 15 is 0 Å². The summed E-state index contributed by atoms with van der Waals surface area (Å²) in [7, 11) is -1.39. The van der Waals surface area contributed by atoms with Crippen molar-refractivity contribution in [2.24, 2.45) is 0 Å². The monoisotopic (exact) mass is 399 g/mol. The van der Waals surface area contributed by atoms with Gasteiger partial charge in [-0.25, -0.2) is 4.79 Å². The third-order valence-electron chi connectivity index (χ3n) is 3.42. The van der Waals surface area contributed by atoms with Gasteiger partial charge in [-0.05, 0) is 30.3 Å². The number of carbonyl (C=O) groups is 2. The maximum atomic E-state index is 12.7. The molecule has 0 spiro atoms. The number of hydrogen-bond donors (Lipinski definition) is 1. The highest BCUT2D eigenvalue weighted by Crippen LogP contribution is 2.30. The van der Waals surface area contributed by atoms with Gasteiger partial charge in [-0.15, -0.1) is 0 Å². The SMILES string of the molecule is CC[S@@](=O)c1ccccc1C(=O)OCC(=O)Nc1cccc(C(F)(F)F)c1. The van der Waals surface area contributed by atoms with Gasteiger partial charge in [0.05, 0.1) is 26.8 Å². The van der Waals surface area contributed by atoms with Crippen molar-refractivity contribution in [3.8, 4) is 0 Å². The number of benzene rings is 2. The lowest BCUT2D eigenvalue weighted by Crippen LogP contribution is -2.21. The van der Waals surface area contributed by atoms with Crippen molar-refractivity contribution in [3.63, 3.8) is 0 Å². The van der Waals surface area contributed by atoms with Crippen molar-refractivity contribution in [1.82, 2.24) is 0 Å². The summed E-state index contributed by atoms with van der Waals surface area (Å²) in [6, 6.07) is 10.2. The Hall–Kier alpha value is -2.68. The second kappa shape index (κ2) is 8.81. The molecule has 0 aromatic heterocycles. The Labute approximate surface area is 156 Å². The van der Waals surface area contributed by atoms with Crippen LogP contribution in [0.4, 0.5) is 18.9 Å². The van der Waals surface area contributed by atoms with E-state index in [4.69, 9.17) is 4.74 Å². The number of amides is 1. The van der Waals surface area contributed by atoms with Crippen LogP contribution in [0.2, 0.25) is 0 Å². The van der Waals surface area contributed by atoms with E-state index in [1.807, 2.05) is 0 Å². The van der Waals surface area contributed by atoms with Crippen LogP contribution in [0.3, 0.4) is 0 Å². The minimum Gasteiger partial charge on any atom is -0.452 e. The third kappa shape index (κ3) is 5.65. The fourth-order valence-electron chi connectivity index (χ4n) is 2.17. The Kier molecular flexibility index (Phi) is 6.73. The predicted molar refractivity (Wildman–Crippen MR) is 93.7 cm³/mol. The van der Waals surface area contributed by atoms with Crippen LogP contribution < -0.4 is 5.32 Å². The lowest BCUT2D eigenvalue weighted by Gasteiger charge is -2.11. The Bertz CT molecular complexity index is 868. The number of alkyl halides is 3. The Morgan fingerprint density at radius 2 is 1.81 bits per heavy atom. The van der Waals surface area contributed by atoms with E-state index in [1.165, 1.54) is 18.2 Å². The quantitative estimate of drug-likeness (QED) is 0.753. The molecule has 144 valence electrons. The zero-order valence-corrected chi connectivity index (χ0v) is 15.0. The summed E-state index contributed by atoms with van der Waals surface area (Å²) in [6.45, 7) is 1.00. The molecule has 2 rings (SSSR count). The molecule has 0 aliphatic rings. The third-order valence-corrected chi connectivity index (χ3v) is 4.79. The summed E-state index contributed by atoms with van der Waals surface area (Å²) in [6.07, 6.45) is -4.54. The van der Waals surface area contributed by atoms with Crippen molar-refractivity contribution < 1.29 is 31.7 Å². The molecule has 0 aliphatic heterocycles. The highest BCUT2D eigenvalue weighted by molar-refractivity contribution is 7.85. The molecular weight excluding hydrogens is 383 g/mol. The topological polar surface area (TPSA) is 72.5 Å². The van der Waals surface area contributed by atoms with Gasteiger partial charge in [0.1, 0.15) is 0 Å². The molecule has 1 N–H and O–H groups in total. The summed E-state index contributed by atoms with van der Waals surface area (Å²) in [5.41, 5.74) is -0.906. The molecule has 2 aromatic carbocycles. The smallest absolute Gasteiger partial charge is 0.416 e. The number of hydrogen-bond acceptors (Lipinski definition) is 4. The van der Waals surface area contributed by atoms with Gasteiger partial charge in [0, 0.05) is 11.4 Å². The van der Waals surface area contributed by atoms with Gasteiger partial charge in [0.25, 0.3) is 5.91 Å². The van der Waals surface area contributed by atoms with Crippen LogP contribution in [0.25, 0.3) is 0 Å². The van der Waals surface area contributed by atoms with E-state index in [0.717, 1.165) is 18.2 Å². The molecule has 0 aliphatic carbocycles. The molecule has 9 heteroatoms. The molecule has 2 aromatic rings. The Morgan fingerprint density at radius 1 is 1.11 bits per heavy atom. The number of halogens is 3. The van der Waals surface area contributed by atoms with Gasteiger partial charge in [-0.1, -0.05) is 25.1 Å². The van der Waals surface area contributed by atoms with E-state index in [0.29, 0.717) is 10.6 Å². The van der Waals surface area contributed by atoms with Gasteiger partial charge in [0.2, 0.25) is 0 Å². The standard InChI is InChI=1S/C18H16F3NO4S/c1-2-27(25)15-9-4-3-8-14(15)17(24)26-11-16(23)22-13-7-5-6-12(10-13)18(19,20)21/h3-10H,2,11H2,1H3,(H,22,23)/t27-/m1/s1. The summed E-state index contributed by atoms with van der Waals surface area (Å²) in [5, 5.41) is 2.23. The van der Waals surface area contributed by atoms with Crippen molar-refractivity contribution >= 4 is 28.4 Å². The zero-order chi connectivity index (χ0) is 20.0. The van der Waals surface area contributed by atoms with Crippen LogP contribution in [0, 0.1) is 0 Å². The van der Waals surface area contributed by atoms with Gasteiger partial charge >= 0.3 is 12.1 Å². The van der Waals surface area contributed by atoms with Crippen LogP contribution in [0.1, 0.15) is 22.8 Å². The molecule has 0 bridgehead atoms. The van der Waals surface area contributed by atoms with Crippen LogP contribution in [0.5, 0.6) is 0 Å². The average Bonchev–Trinajstić information content (AvgIpc) is 2.65. The maximum Gasteiger partial charge on any atom is 0.416 e. The molecular formula is C18H16F3NO4S. The van der Waals surface area contributed by atoms with E-state index in [-0.39, 0.29) is 11.3 Å². The van der Waals surface area contributed by atoms with Crippen molar-refractivity contribution in [2.45, 2.75) is 18.0 Å². The van der Waals surface area contributed by atoms with Gasteiger partial charge < -0.3 is 10.1 Å². The lowest BCUT2D eigenvalue weighted by molar-refractivity contribution is -0.137. The normalized spacial score (nSPS) is 12.3. The number of nitrogens with one attached hydrogen (secondary N) is 1. The fraction of sp³-hybridized carbons (Fsp3) is 0.222. The second-order valence-corrected chi connectivity index (χ2v) is 7.04. The molecule has 0 saturated heterocycles. The molecule has 5 nitrogen and oxygen atoms in total. The second-order valence-electron chi connectivity index (χ2n) is 5.33. The van der Waals surface area contributed by atoms with E-state index in [9.17, 15) is 27.0 Å². The lowest BCUT2D eigenvalue weighted by atomic mass is 10.2. The number of esters is 1. The van der Waals surface area contributed by atoms with E-state index in [2.05, 4.69) is 5.32 Å². The number of carbonyl (C=O) groups excluding carboxylic acids is 2. The maximum absolute atomic E-state index is 12.7. The minimum atomic E-state index is -4.54. The summed E-state index contributed by atoms with van der Waals surface area (Å²) < 4.78 is 54.9. The predicted octanol–water partition coefficient (Wildman–Crippen LogP) is 3.63. The summed E-state index contributed by atoms with van der Waals surface area (Å²) in [4.78, 5) is 24.3. The van der Waals surface area contributed by atoms with Gasteiger partial charge in [0.15, 0.2) is 6.61 Å². The highest BCUT2D eigenvalue weighted by atomic mass is 32.2. The molecule has 0 unspecified atom stereocenters. The van der Waals surface area contributed by atoms with Crippen molar-refractivity contribution in [1.29, 1.82) is 0 Å². The number of rotatable bonds is 6. The average molecular weight is 399 g/mol. The fourth-order valence-corrected chi connectivity index (χ4v) is 3.11. The van der Waals surface area contributed by atoms with Crippen LogP contribution in [-0.4, -0.2) is 28.4 Å². The zero-order valence-electron chi connectivity index (χ0n) is 14.2. The summed E-state index contributed by atoms with van der Waals surface area (Å²) >= 11 is 0. The minimum absolute atomic E-state index is 0.0710. The van der Waals surface area contributed by atoms with Crippen molar-refractivity contribution in [3.05, 3.63) is 59.7 Å². The molecule has 0 heterocycles. The molecule has 27 heavy (non-hydrogen) atoms. The first-order valence-corrected chi connectivity index (χ1v) is 9.16. The van der Waals surface area contributed by atoms with Crippen LogP contribution in [0.15, 0.2) is 53.4 Å². The first kappa shape index (κ1) is 20.6. The molecule has 1 atom stereocenters. The first-order valence-electron chi connectivity index (χ1n) is 7.84. The summed E-state index contributed by atoms with van der Waals surface area (Å²) in [5.74, 6) is -1.33. The molecule has 0 saturated carbocycles. The number of anilines is 1. The Morgan fingerprint density at radius 3 is 2.48 bits per heavy atom.